The number of halogens is 1. The van der Waals surface area contributed by atoms with Gasteiger partial charge in [-0.15, -0.1) is 0 Å². The minimum Gasteiger partial charge on any atom is -0.467 e. The van der Waals surface area contributed by atoms with Crippen molar-refractivity contribution >= 4 is 40.2 Å². The van der Waals surface area contributed by atoms with Gasteiger partial charge in [0.1, 0.15) is 5.76 Å². The summed E-state index contributed by atoms with van der Waals surface area (Å²) in [5, 5.41) is 4.65. The molecule has 0 spiro atoms. The number of para-hydroxylation sites is 1. The second-order valence-electron chi connectivity index (χ2n) is 7.19. The van der Waals surface area contributed by atoms with Gasteiger partial charge in [-0.25, -0.2) is 4.98 Å². The van der Waals surface area contributed by atoms with Crippen molar-refractivity contribution in [3.8, 4) is 5.69 Å². The predicted octanol–water partition coefficient (Wildman–Crippen LogP) is 5.21. The molecule has 4 rings (SSSR count). The van der Waals surface area contributed by atoms with Crippen molar-refractivity contribution in [1.29, 1.82) is 0 Å². The number of furan rings is 1. The highest BCUT2D eigenvalue weighted by Crippen LogP contribution is 2.23. The van der Waals surface area contributed by atoms with Gasteiger partial charge in [0, 0.05) is 17.2 Å². The number of hydrogen-bond donors (Lipinski definition) is 1. The Labute approximate surface area is 194 Å². The summed E-state index contributed by atoms with van der Waals surface area (Å²) in [6.07, 6.45) is 3.59. The van der Waals surface area contributed by atoms with Crippen LogP contribution in [0.15, 0.2) is 81.3 Å². The molecular formula is C24H22ClN3O3S. The Morgan fingerprint density at radius 1 is 1.06 bits per heavy atom. The fraction of sp³-hybridized carbons (Fsp3) is 0.208. The maximum atomic E-state index is 13.2. The lowest BCUT2D eigenvalue weighted by Gasteiger charge is -2.13. The zero-order valence-electron chi connectivity index (χ0n) is 17.3. The number of hydrogen-bond acceptors (Lipinski definition) is 5. The van der Waals surface area contributed by atoms with Gasteiger partial charge in [-0.1, -0.05) is 35.5 Å². The third kappa shape index (κ3) is 5.41. The van der Waals surface area contributed by atoms with E-state index in [4.69, 9.17) is 21.0 Å². The summed E-state index contributed by atoms with van der Waals surface area (Å²) in [5.41, 5.74) is 1.28. The third-order valence-electron chi connectivity index (χ3n) is 4.90. The highest BCUT2D eigenvalue weighted by Gasteiger charge is 2.13. The van der Waals surface area contributed by atoms with Crippen LogP contribution in [0, 0.1) is 0 Å². The Bertz CT molecular complexity index is 1250. The van der Waals surface area contributed by atoms with Gasteiger partial charge in [0.05, 0.1) is 29.4 Å². The Morgan fingerprint density at radius 3 is 2.66 bits per heavy atom. The summed E-state index contributed by atoms with van der Waals surface area (Å²) in [6, 6.07) is 18.1. The van der Waals surface area contributed by atoms with E-state index < -0.39 is 0 Å². The number of benzene rings is 2. The normalized spacial score (nSPS) is 11.0. The molecule has 0 aliphatic carbocycles. The summed E-state index contributed by atoms with van der Waals surface area (Å²) >= 11 is 7.53. The summed E-state index contributed by atoms with van der Waals surface area (Å²) < 4.78 is 6.83. The van der Waals surface area contributed by atoms with Gasteiger partial charge in [0.25, 0.3) is 5.56 Å². The van der Waals surface area contributed by atoms with E-state index in [0.717, 1.165) is 30.0 Å². The number of nitrogens with zero attached hydrogens (tertiary/aromatic N) is 2. The number of aromatic nitrogens is 2. The number of unbranched alkanes of at least 4 members (excludes halogenated alkanes) is 1. The van der Waals surface area contributed by atoms with Gasteiger partial charge in [-0.3, -0.25) is 14.2 Å². The molecule has 32 heavy (non-hydrogen) atoms. The van der Waals surface area contributed by atoms with Crippen LogP contribution in [0.5, 0.6) is 0 Å². The molecule has 0 bridgehead atoms. The van der Waals surface area contributed by atoms with Gasteiger partial charge in [-0.05, 0) is 61.4 Å². The largest absolute Gasteiger partial charge is 0.467 e. The van der Waals surface area contributed by atoms with Gasteiger partial charge in [0.15, 0.2) is 5.16 Å². The first kappa shape index (κ1) is 22.2. The molecule has 2 aromatic carbocycles. The van der Waals surface area contributed by atoms with E-state index in [-0.39, 0.29) is 11.5 Å². The summed E-state index contributed by atoms with van der Waals surface area (Å²) in [5.74, 6) is 1.47. The summed E-state index contributed by atoms with van der Waals surface area (Å²) in [7, 11) is 0. The van der Waals surface area contributed by atoms with Crippen LogP contribution in [-0.2, 0) is 11.3 Å². The molecule has 0 radical (unpaired) electrons. The highest BCUT2D eigenvalue weighted by molar-refractivity contribution is 7.99. The van der Waals surface area contributed by atoms with Crippen molar-refractivity contribution in [1.82, 2.24) is 14.9 Å². The fourth-order valence-electron chi connectivity index (χ4n) is 3.27. The number of fused-ring (bicyclic) bond motifs is 1. The molecule has 8 heteroatoms. The SMILES string of the molecule is O=C(CCCCSc1nc2ccccc2c(=O)n1-c1ccc(Cl)cc1)NCc1ccco1. The topological polar surface area (TPSA) is 77.1 Å². The van der Waals surface area contributed by atoms with Crippen LogP contribution in [0.4, 0.5) is 0 Å². The standard InChI is InChI=1S/C24H22ClN3O3S/c25-17-10-12-18(13-11-17)28-23(30)20-7-1-2-8-21(20)27-24(28)32-15-4-3-9-22(29)26-16-19-6-5-14-31-19/h1-2,5-8,10-14H,3-4,9,15-16H2,(H,26,29). The lowest BCUT2D eigenvalue weighted by atomic mass is 10.2. The first-order chi connectivity index (χ1) is 15.6. The van der Waals surface area contributed by atoms with Crippen LogP contribution in [0.25, 0.3) is 16.6 Å². The summed E-state index contributed by atoms with van der Waals surface area (Å²) in [6.45, 7) is 0.398. The van der Waals surface area contributed by atoms with E-state index in [1.807, 2.05) is 36.4 Å². The lowest BCUT2D eigenvalue weighted by molar-refractivity contribution is -0.121. The van der Waals surface area contributed by atoms with Crippen LogP contribution >= 0.6 is 23.4 Å². The number of nitrogens with one attached hydrogen (secondary N) is 1. The van der Waals surface area contributed by atoms with E-state index in [1.54, 1.807) is 35.1 Å². The molecular weight excluding hydrogens is 446 g/mol. The first-order valence-corrected chi connectivity index (χ1v) is 11.7. The number of rotatable bonds is 9. The van der Waals surface area contributed by atoms with Gasteiger partial charge in [-0.2, -0.15) is 0 Å². The van der Waals surface area contributed by atoms with Gasteiger partial charge in [0.2, 0.25) is 5.91 Å². The number of amides is 1. The van der Waals surface area contributed by atoms with E-state index >= 15 is 0 Å². The zero-order valence-corrected chi connectivity index (χ0v) is 18.9. The Morgan fingerprint density at radius 2 is 1.88 bits per heavy atom. The minimum absolute atomic E-state index is 0.00620. The molecule has 4 aromatic rings. The van der Waals surface area contributed by atoms with E-state index in [2.05, 4.69) is 5.32 Å². The first-order valence-electron chi connectivity index (χ1n) is 10.3. The molecule has 164 valence electrons. The Balaban J connectivity index is 1.41. The quantitative estimate of drug-likeness (QED) is 0.208. The molecule has 0 atom stereocenters. The van der Waals surface area contributed by atoms with Gasteiger partial charge >= 0.3 is 0 Å². The monoisotopic (exact) mass is 467 g/mol. The average molecular weight is 468 g/mol. The zero-order chi connectivity index (χ0) is 22.3. The second kappa shape index (κ2) is 10.5. The highest BCUT2D eigenvalue weighted by atomic mass is 35.5. The van der Waals surface area contributed by atoms with Crippen molar-refractivity contribution < 1.29 is 9.21 Å². The number of carbonyl (C=O) groups excluding carboxylic acids is 1. The maximum Gasteiger partial charge on any atom is 0.266 e. The van der Waals surface area contributed by atoms with Gasteiger partial charge < -0.3 is 9.73 Å². The van der Waals surface area contributed by atoms with Crippen molar-refractivity contribution in [3.63, 3.8) is 0 Å². The molecule has 6 nitrogen and oxygen atoms in total. The molecule has 0 saturated carbocycles. The molecule has 1 N–H and O–H groups in total. The summed E-state index contributed by atoms with van der Waals surface area (Å²) in [4.78, 5) is 29.9. The fourth-order valence-corrected chi connectivity index (χ4v) is 4.40. The second-order valence-corrected chi connectivity index (χ2v) is 8.69. The van der Waals surface area contributed by atoms with Crippen molar-refractivity contribution in [3.05, 3.63) is 88.1 Å². The van der Waals surface area contributed by atoms with Crippen LogP contribution in [0.3, 0.4) is 0 Å². The average Bonchev–Trinajstić information content (AvgIpc) is 3.32. The molecule has 0 aliphatic rings. The molecule has 2 aromatic heterocycles. The number of carbonyl (C=O) groups is 1. The third-order valence-corrected chi connectivity index (χ3v) is 6.18. The van der Waals surface area contributed by atoms with E-state index in [1.165, 1.54) is 11.8 Å². The minimum atomic E-state index is -0.113. The van der Waals surface area contributed by atoms with Crippen LogP contribution < -0.4 is 10.9 Å². The van der Waals surface area contributed by atoms with Crippen LogP contribution in [-0.4, -0.2) is 21.2 Å². The van der Waals surface area contributed by atoms with E-state index in [0.29, 0.717) is 34.0 Å². The number of thioether (sulfide) groups is 1. The Kier molecular flexibility index (Phi) is 7.29. The molecule has 0 saturated heterocycles. The maximum absolute atomic E-state index is 13.2. The molecule has 0 unspecified atom stereocenters. The lowest BCUT2D eigenvalue weighted by Crippen LogP contribution is -2.22. The van der Waals surface area contributed by atoms with Crippen LogP contribution in [0.2, 0.25) is 5.02 Å². The molecule has 0 aliphatic heterocycles. The molecule has 1 amide bonds. The van der Waals surface area contributed by atoms with Crippen LogP contribution in [0.1, 0.15) is 25.0 Å². The Hall–Kier alpha value is -3.03. The molecule has 0 fully saturated rings. The predicted molar refractivity (Wildman–Crippen MR) is 127 cm³/mol. The molecule has 2 heterocycles. The smallest absolute Gasteiger partial charge is 0.266 e. The van der Waals surface area contributed by atoms with Crippen molar-refractivity contribution in [2.45, 2.75) is 31.0 Å². The van der Waals surface area contributed by atoms with Crippen molar-refractivity contribution in [2.75, 3.05) is 5.75 Å². The van der Waals surface area contributed by atoms with Crippen molar-refractivity contribution in [2.24, 2.45) is 0 Å². The van der Waals surface area contributed by atoms with E-state index in [9.17, 15) is 9.59 Å².